The minimum atomic E-state index is -0.262. The number of para-hydroxylation sites is 1. The standard InChI is InChI=1S/C13H8FN2/c14-10-5-3-4-9(8-10)13-15-11-6-1-2-7-12(11)16-13/h1-6,8H,(H,15,16). The predicted molar refractivity (Wildman–Crippen MR) is 60.3 cm³/mol. The van der Waals surface area contributed by atoms with E-state index in [9.17, 15) is 4.39 Å². The Balaban J connectivity index is 2.19. The molecule has 0 aliphatic carbocycles. The van der Waals surface area contributed by atoms with Crippen LogP contribution in [0.2, 0.25) is 0 Å². The van der Waals surface area contributed by atoms with E-state index in [4.69, 9.17) is 0 Å². The molecule has 0 spiro atoms. The van der Waals surface area contributed by atoms with Crippen LogP contribution in [-0.4, -0.2) is 9.97 Å². The highest BCUT2D eigenvalue weighted by Gasteiger charge is 2.04. The number of aromatic nitrogens is 2. The zero-order valence-electron chi connectivity index (χ0n) is 8.37. The number of hydrogen-bond donors (Lipinski definition) is 1. The van der Waals surface area contributed by atoms with Gasteiger partial charge in [0, 0.05) is 11.6 Å². The third-order valence-electron chi connectivity index (χ3n) is 2.41. The Labute approximate surface area is 91.8 Å². The third kappa shape index (κ3) is 1.46. The molecule has 2 nitrogen and oxygen atoms in total. The molecule has 1 heterocycles. The van der Waals surface area contributed by atoms with Gasteiger partial charge in [0.05, 0.1) is 11.0 Å². The SMILES string of the molecule is Fc1cccc(-c2nc3[c]cccc3[nH]2)c1. The summed E-state index contributed by atoms with van der Waals surface area (Å²) >= 11 is 0. The van der Waals surface area contributed by atoms with Gasteiger partial charge in [-0.3, -0.25) is 0 Å². The van der Waals surface area contributed by atoms with Crippen LogP contribution in [0.1, 0.15) is 0 Å². The molecular weight excluding hydrogens is 203 g/mol. The Bertz CT molecular complexity index is 610. The highest BCUT2D eigenvalue weighted by molar-refractivity contribution is 5.78. The van der Waals surface area contributed by atoms with Crippen molar-refractivity contribution in [2.75, 3.05) is 0 Å². The first-order valence-corrected chi connectivity index (χ1v) is 4.95. The number of fused-ring (bicyclic) bond motifs is 1. The molecular formula is C13H8FN2. The summed E-state index contributed by atoms with van der Waals surface area (Å²) < 4.78 is 13.1. The molecule has 2 aromatic carbocycles. The molecule has 0 saturated carbocycles. The van der Waals surface area contributed by atoms with E-state index in [0.717, 1.165) is 16.6 Å². The van der Waals surface area contributed by atoms with Crippen LogP contribution in [0.5, 0.6) is 0 Å². The summed E-state index contributed by atoms with van der Waals surface area (Å²) in [7, 11) is 0. The van der Waals surface area contributed by atoms with Crippen molar-refractivity contribution in [2.24, 2.45) is 0 Å². The Kier molecular flexibility index (Phi) is 1.96. The Morgan fingerprint density at radius 3 is 2.94 bits per heavy atom. The second-order valence-electron chi connectivity index (χ2n) is 3.53. The average Bonchev–Trinajstić information content (AvgIpc) is 2.72. The molecule has 0 amide bonds. The quantitative estimate of drug-likeness (QED) is 0.658. The highest BCUT2D eigenvalue weighted by atomic mass is 19.1. The fraction of sp³-hybridized carbons (Fsp3) is 0. The first kappa shape index (κ1) is 9.09. The second kappa shape index (κ2) is 3.45. The van der Waals surface area contributed by atoms with Crippen molar-refractivity contribution in [3.05, 3.63) is 54.3 Å². The van der Waals surface area contributed by atoms with Gasteiger partial charge in [-0.05, 0) is 18.2 Å². The van der Waals surface area contributed by atoms with Gasteiger partial charge in [0.2, 0.25) is 0 Å². The number of aromatic amines is 1. The zero-order chi connectivity index (χ0) is 11.0. The number of imidazole rings is 1. The van der Waals surface area contributed by atoms with E-state index in [2.05, 4.69) is 16.0 Å². The average molecular weight is 211 g/mol. The van der Waals surface area contributed by atoms with Crippen LogP contribution >= 0.6 is 0 Å². The molecule has 1 aromatic heterocycles. The molecule has 0 atom stereocenters. The summed E-state index contributed by atoms with van der Waals surface area (Å²) in [6.45, 7) is 0. The monoisotopic (exact) mass is 211 g/mol. The number of nitrogens with one attached hydrogen (secondary N) is 1. The van der Waals surface area contributed by atoms with E-state index in [1.165, 1.54) is 12.1 Å². The van der Waals surface area contributed by atoms with Gasteiger partial charge in [-0.25, -0.2) is 9.37 Å². The van der Waals surface area contributed by atoms with Gasteiger partial charge in [-0.2, -0.15) is 0 Å². The molecule has 3 heteroatoms. The molecule has 77 valence electrons. The van der Waals surface area contributed by atoms with Crippen LogP contribution in [0.15, 0.2) is 42.5 Å². The van der Waals surface area contributed by atoms with E-state index in [-0.39, 0.29) is 5.82 Å². The van der Waals surface area contributed by atoms with E-state index in [0.29, 0.717) is 5.82 Å². The minimum Gasteiger partial charge on any atom is -0.338 e. The smallest absolute Gasteiger partial charge is 0.138 e. The predicted octanol–water partition coefficient (Wildman–Crippen LogP) is 3.17. The van der Waals surface area contributed by atoms with Gasteiger partial charge in [0.25, 0.3) is 0 Å². The largest absolute Gasteiger partial charge is 0.338 e. The molecule has 0 unspecified atom stereocenters. The van der Waals surface area contributed by atoms with Gasteiger partial charge in [0.1, 0.15) is 11.6 Å². The normalized spacial score (nSPS) is 10.8. The van der Waals surface area contributed by atoms with Crippen molar-refractivity contribution in [2.45, 2.75) is 0 Å². The Morgan fingerprint density at radius 2 is 2.12 bits per heavy atom. The molecule has 0 bridgehead atoms. The lowest BCUT2D eigenvalue weighted by molar-refractivity contribution is 0.628. The van der Waals surface area contributed by atoms with Crippen molar-refractivity contribution in [1.29, 1.82) is 0 Å². The summed E-state index contributed by atoms with van der Waals surface area (Å²) in [5.74, 6) is 0.402. The van der Waals surface area contributed by atoms with Gasteiger partial charge >= 0.3 is 0 Å². The van der Waals surface area contributed by atoms with E-state index < -0.39 is 0 Å². The fourth-order valence-corrected chi connectivity index (χ4v) is 1.66. The molecule has 1 radical (unpaired) electrons. The summed E-state index contributed by atoms with van der Waals surface area (Å²) in [4.78, 5) is 7.48. The number of halogens is 1. The molecule has 0 saturated heterocycles. The number of nitrogens with zero attached hydrogens (tertiary/aromatic N) is 1. The summed E-state index contributed by atoms with van der Waals surface area (Å²) in [6.07, 6.45) is 0. The molecule has 16 heavy (non-hydrogen) atoms. The zero-order valence-corrected chi connectivity index (χ0v) is 8.37. The van der Waals surface area contributed by atoms with Crippen LogP contribution in [0.25, 0.3) is 22.4 Å². The molecule has 0 aliphatic heterocycles. The van der Waals surface area contributed by atoms with Crippen molar-refractivity contribution in [3.8, 4) is 11.4 Å². The third-order valence-corrected chi connectivity index (χ3v) is 2.41. The molecule has 1 N–H and O–H groups in total. The van der Waals surface area contributed by atoms with Gasteiger partial charge in [0.15, 0.2) is 0 Å². The Morgan fingerprint density at radius 1 is 1.19 bits per heavy atom. The first-order valence-electron chi connectivity index (χ1n) is 4.95. The van der Waals surface area contributed by atoms with Gasteiger partial charge < -0.3 is 4.98 Å². The van der Waals surface area contributed by atoms with Crippen molar-refractivity contribution >= 4 is 11.0 Å². The summed E-state index contributed by atoms with van der Waals surface area (Å²) in [5.41, 5.74) is 2.41. The van der Waals surface area contributed by atoms with Crippen LogP contribution in [0.3, 0.4) is 0 Å². The lowest BCUT2D eigenvalue weighted by Gasteiger charge is -1.95. The van der Waals surface area contributed by atoms with Gasteiger partial charge in [-0.1, -0.05) is 24.3 Å². The van der Waals surface area contributed by atoms with E-state index in [1.54, 1.807) is 12.1 Å². The second-order valence-corrected chi connectivity index (χ2v) is 3.53. The maximum Gasteiger partial charge on any atom is 0.138 e. The lowest BCUT2D eigenvalue weighted by atomic mass is 10.2. The summed E-state index contributed by atoms with van der Waals surface area (Å²) in [6, 6.07) is 15.0. The molecule has 0 aliphatic rings. The molecule has 3 aromatic rings. The highest BCUT2D eigenvalue weighted by Crippen LogP contribution is 2.20. The Hall–Kier alpha value is -2.16. The number of H-pyrrole nitrogens is 1. The minimum absolute atomic E-state index is 0.262. The molecule has 0 fully saturated rings. The molecule has 3 rings (SSSR count). The van der Waals surface area contributed by atoms with E-state index >= 15 is 0 Å². The number of benzene rings is 2. The fourth-order valence-electron chi connectivity index (χ4n) is 1.66. The first-order chi connectivity index (χ1) is 7.83. The van der Waals surface area contributed by atoms with Crippen molar-refractivity contribution in [3.63, 3.8) is 0 Å². The van der Waals surface area contributed by atoms with Crippen LogP contribution in [-0.2, 0) is 0 Å². The van der Waals surface area contributed by atoms with Crippen LogP contribution in [0, 0.1) is 11.9 Å². The topological polar surface area (TPSA) is 28.7 Å². The van der Waals surface area contributed by atoms with Crippen molar-refractivity contribution in [1.82, 2.24) is 9.97 Å². The number of rotatable bonds is 1. The lowest BCUT2D eigenvalue weighted by Crippen LogP contribution is -1.81. The van der Waals surface area contributed by atoms with E-state index in [1.807, 2.05) is 18.2 Å². The maximum absolute atomic E-state index is 13.1. The van der Waals surface area contributed by atoms with Crippen LogP contribution < -0.4 is 0 Å². The van der Waals surface area contributed by atoms with Gasteiger partial charge in [-0.15, -0.1) is 0 Å². The van der Waals surface area contributed by atoms with Crippen molar-refractivity contribution < 1.29 is 4.39 Å². The number of hydrogen-bond acceptors (Lipinski definition) is 1. The van der Waals surface area contributed by atoms with Crippen LogP contribution in [0.4, 0.5) is 4.39 Å². The summed E-state index contributed by atoms with van der Waals surface area (Å²) in [5, 5.41) is 0. The maximum atomic E-state index is 13.1.